The maximum atomic E-state index is 12.7. The van der Waals surface area contributed by atoms with E-state index in [4.69, 9.17) is 9.15 Å². The van der Waals surface area contributed by atoms with Gasteiger partial charge in [0.05, 0.1) is 36.3 Å². The molecule has 7 nitrogen and oxygen atoms in total. The number of hydrogen-bond acceptors (Lipinski definition) is 5. The zero-order chi connectivity index (χ0) is 18.8. The molecule has 0 spiro atoms. The molecule has 0 aliphatic heterocycles. The number of methoxy groups -OCH3 is 1. The van der Waals surface area contributed by atoms with Crippen molar-refractivity contribution in [1.82, 2.24) is 10.2 Å². The van der Waals surface area contributed by atoms with Gasteiger partial charge in [-0.3, -0.25) is 9.89 Å². The van der Waals surface area contributed by atoms with E-state index in [9.17, 15) is 10.1 Å². The van der Waals surface area contributed by atoms with Gasteiger partial charge < -0.3 is 14.5 Å². The minimum Gasteiger partial charge on any atom is -0.495 e. The number of nitrogens with one attached hydrogen (secondary N) is 2. The summed E-state index contributed by atoms with van der Waals surface area (Å²) in [6.07, 6.45) is 3.19. The fourth-order valence-corrected chi connectivity index (χ4v) is 2.93. The lowest BCUT2D eigenvalue weighted by Gasteiger charge is -2.10. The second kappa shape index (κ2) is 6.69. The molecule has 27 heavy (non-hydrogen) atoms. The SMILES string of the molecule is COc1c(C#N)cccc1C(=O)Nc1ccc2[nH]nc(-c3ccoc3)c2c1. The normalized spacial score (nSPS) is 10.5. The van der Waals surface area contributed by atoms with Gasteiger partial charge >= 0.3 is 0 Å². The Kier molecular flexibility index (Phi) is 4.07. The number of nitrogens with zero attached hydrogens (tertiary/aromatic N) is 2. The molecular formula is C20H14N4O3. The van der Waals surface area contributed by atoms with Gasteiger partial charge in [-0.15, -0.1) is 0 Å². The highest BCUT2D eigenvalue weighted by Crippen LogP contribution is 2.29. The number of furan rings is 1. The summed E-state index contributed by atoms with van der Waals surface area (Å²) < 4.78 is 10.4. The number of amides is 1. The topological polar surface area (TPSA) is 104 Å². The maximum absolute atomic E-state index is 12.7. The summed E-state index contributed by atoms with van der Waals surface area (Å²) in [5.74, 6) is -0.113. The van der Waals surface area contributed by atoms with Crippen LogP contribution in [-0.2, 0) is 0 Å². The van der Waals surface area contributed by atoms with Gasteiger partial charge in [0.1, 0.15) is 17.5 Å². The van der Waals surface area contributed by atoms with Crippen LogP contribution in [0.25, 0.3) is 22.2 Å². The van der Waals surface area contributed by atoms with E-state index in [0.29, 0.717) is 16.8 Å². The summed E-state index contributed by atoms with van der Waals surface area (Å²) in [5, 5.41) is 20.2. The highest BCUT2D eigenvalue weighted by molar-refractivity contribution is 6.08. The Morgan fingerprint density at radius 3 is 2.93 bits per heavy atom. The highest BCUT2D eigenvalue weighted by Gasteiger charge is 2.17. The number of fused-ring (bicyclic) bond motifs is 1. The van der Waals surface area contributed by atoms with Crippen molar-refractivity contribution in [2.75, 3.05) is 12.4 Å². The molecule has 0 atom stereocenters. The van der Waals surface area contributed by atoms with Gasteiger partial charge in [0.2, 0.25) is 0 Å². The third-order valence-electron chi connectivity index (χ3n) is 4.20. The summed E-state index contributed by atoms with van der Waals surface area (Å²) >= 11 is 0. The average Bonchev–Trinajstić information content (AvgIpc) is 3.36. The number of H-pyrrole nitrogens is 1. The Labute approximate surface area is 154 Å². The Morgan fingerprint density at radius 2 is 2.19 bits per heavy atom. The van der Waals surface area contributed by atoms with Crippen LogP contribution in [0.2, 0.25) is 0 Å². The fourth-order valence-electron chi connectivity index (χ4n) is 2.93. The van der Waals surface area contributed by atoms with Crippen LogP contribution in [0.3, 0.4) is 0 Å². The van der Waals surface area contributed by atoms with E-state index < -0.39 is 0 Å². The largest absolute Gasteiger partial charge is 0.495 e. The van der Waals surface area contributed by atoms with Gasteiger partial charge in [-0.25, -0.2) is 0 Å². The van der Waals surface area contributed by atoms with Gasteiger partial charge in [0.25, 0.3) is 5.91 Å². The van der Waals surface area contributed by atoms with Gasteiger partial charge in [-0.05, 0) is 36.4 Å². The van der Waals surface area contributed by atoms with Crippen LogP contribution in [-0.4, -0.2) is 23.2 Å². The van der Waals surface area contributed by atoms with Crippen LogP contribution in [0.4, 0.5) is 5.69 Å². The van der Waals surface area contributed by atoms with E-state index in [1.165, 1.54) is 7.11 Å². The Bertz CT molecular complexity index is 1170. The van der Waals surface area contributed by atoms with Crippen LogP contribution in [0.15, 0.2) is 59.4 Å². The summed E-state index contributed by atoms with van der Waals surface area (Å²) in [6.45, 7) is 0. The number of aromatic nitrogens is 2. The molecule has 0 saturated carbocycles. The minimum absolute atomic E-state index is 0.251. The van der Waals surface area contributed by atoms with Crippen molar-refractivity contribution in [3.05, 3.63) is 66.1 Å². The molecule has 2 N–H and O–H groups in total. The Morgan fingerprint density at radius 1 is 1.30 bits per heavy atom. The van der Waals surface area contributed by atoms with Crippen molar-refractivity contribution in [3.63, 3.8) is 0 Å². The number of carbonyl (C=O) groups excluding carboxylic acids is 1. The monoisotopic (exact) mass is 358 g/mol. The van der Waals surface area contributed by atoms with Crippen molar-refractivity contribution >= 4 is 22.5 Å². The minimum atomic E-state index is -0.364. The first-order valence-electron chi connectivity index (χ1n) is 8.10. The molecule has 0 saturated heterocycles. The van der Waals surface area contributed by atoms with Crippen LogP contribution in [0.5, 0.6) is 5.75 Å². The van der Waals surface area contributed by atoms with Gasteiger partial charge in [0.15, 0.2) is 0 Å². The molecule has 7 heteroatoms. The number of anilines is 1. The molecule has 2 aromatic carbocycles. The average molecular weight is 358 g/mol. The first kappa shape index (κ1) is 16.4. The van der Waals surface area contributed by atoms with Gasteiger partial charge in [0, 0.05) is 16.6 Å². The van der Waals surface area contributed by atoms with E-state index in [2.05, 4.69) is 15.5 Å². The van der Waals surface area contributed by atoms with Gasteiger partial charge in [-0.2, -0.15) is 10.4 Å². The highest BCUT2D eigenvalue weighted by atomic mass is 16.5. The maximum Gasteiger partial charge on any atom is 0.259 e. The summed E-state index contributed by atoms with van der Waals surface area (Å²) in [5.41, 5.74) is 3.61. The molecule has 0 radical (unpaired) electrons. The van der Waals surface area contributed by atoms with E-state index in [1.807, 2.05) is 24.3 Å². The molecule has 0 aliphatic rings. The van der Waals surface area contributed by atoms with E-state index in [-0.39, 0.29) is 11.7 Å². The lowest BCUT2D eigenvalue weighted by Crippen LogP contribution is -2.13. The number of benzene rings is 2. The molecule has 2 heterocycles. The Balaban J connectivity index is 1.69. The molecule has 4 rings (SSSR count). The molecule has 132 valence electrons. The molecule has 2 aromatic heterocycles. The number of para-hydroxylation sites is 1. The molecular weight excluding hydrogens is 344 g/mol. The van der Waals surface area contributed by atoms with Crippen LogP contribution >= 0.6 is 0 Å². The third kappa shape index (κ3) is 2.89. The standard InChI is InChI=1S/C20H14N4O3/c1-26-19-12(10-21)3-2-4-15(19)20(25)22-14-5-6-17-16(9-14)18(24-23-17)13-7-8-27-11-13/h2-9,11H,1H3,(H,22,25)(H,23,24). The lowest BCUT2D eigenvalue weighted by molar-refractivity contribution is 0.102. The number of nitriles is 1. The van der Waals surface area contributed by atoms with Crippen molar-refractivity contribution in [3.8, 4) is 23.1 Å². The molecule has 0 unspecified atom stereocenters. The second-order valence-electron chi connectivity index (χ2n) is 5.80. The Hall–Kier alpha value is -4.05. The third-order valence-corrected chi connectivity index (χ3v) is 4.20. The number of aromatic amines is 1. The second-order valence-corrected chi connectivity index (χ2v) is 5.80. The van der Waals surface area contributed by atoms with Crippen LogP contribution in [0.1, 0.15) is 15.9 Å². The molecule has 0 fully saturated rings. The van der Waals surface area contributed by atoms with E-state index in [0.717, 1.165) is 22.2 Å². The van der Waals surface area contributed by atoms with Gasteiger partial charge in [-0.1, -0.05) is 6.07 Å². The summed E-state index contributed by atoms with van der Waals surface area (Å²) in [6, 6.07) is 14.1. The number of hydrogen-bond donors (Lipinski definition) is 2. The van der Waals surface area contributed by atoms with Crippen molar-refractivity contribution in [2.45, 2.75) is 0 Å². The molecule has 4 aromatic rings. The first-order valence-corrected chi connectivity index (χ1v) is 8.10. The predicted molar refractivity (Wildman–Crippen MR) is 99.5 cm³/mol. The summed E-state index contributed by atoms with van der Waals surface area (Å²) in [4.78, 5) is 12.7. The number of rotatable bonds is 4. The molecule has 0 bridgehead atoms. The fraction of sp³-hybridized carbons (Fsp3) is 0.0500. The number of carbonyl (C=O) groups is 1. The lowest BCUT2D eigenvalue weighted by atomic mass is 10.1. The first-order chi connectivity index (χ1) is 13.2. The summed E-state index contributed by atoms with van der Waals surface area (Å²) in [7, 11) is 1.43. The molecule has 1 amide bonds. The molecule has 0 aliphatic carbocycles. The predicted octanol–water partition coefficient (Wildman–Crippen LogP) is 3.96. The van der Waals surface area contributed by atoms with Crippen molar-refractivity contribution in [1.29, 1.82) is 5.26 Å². The van der Waals surface area contributed by atoms with E-state index in [1.54, 1.807) is 36.8 Å². The quantitative estimate of drug-likeness (QED) is 0.575. The van der Waals surface area contributed by atoms with Crippen molar-refractivity contribution in [2.24, 2.45) is 0 Å². The smallest absolute Gasteiger partial charge is 0.259 e. The number of ether oxygens (including phenoxy) is 1. The zero-order valence-corrected chi connectivity index (χ0v) is 14.3. The van der Waals surface area contributed by atoms with Crippen LogP contribution in [0, 0.1) is 11.3 Å². The van der Waals surface area contributed by atoms with Crippen molar-refractivity contribution < 1.29 is 13.9 Å². The zero-order valence-electron chi connectivity index (χ0n) is 14.3. The van der Waals surface area contributed by atoms with Crippen LogP contribution < -0.4 is 10.1 Å². The van der Waals surface area contributed by atoms with E-state index >= 15 is 0 Å².